The summed E-state index contributed by atoms with van der Waals surface area (Å²) in [6.07, 6.45) is 2.23. The number of hydrogen-bond acceptors (Lipinski definition) is 6. The minimum absolute atomic E-state index is 0.118. The third-order valence-electron chi connectivity index (χ3n) is 5.86. The second-order valence-corrected chi connectivity index (χ2v) is 8.20. The summed E-state index contributed by atoms with van der Waals surface area (Å²) in [5, 5.41) is 7.76. The maximum Gasteiger partial charge on any atom is 0.259 e. The zero-order chi connectivity index (χ0) is 20.5. The van der Waals surface area contributed by atoms with Crippen LogP contribution >= 0.6 is 0 Å². The van der Waals surface area contributed by atoms with Crippen LogP contribution in [-0.2, 0) is 17.8 Å². The maximum atomic E-state index is 13.0. The van der Waals surface area contributed by atoms with Gasteiger partial charge in [-0.3, -0.25) is 9.69 Å². The molecule has 1 N–H and O–H groups in total. The number of amides is 1. The molecule has 1 saturated carbocycles. The number of carbonyl (C=O) groups excluding carboxylic acids is 1. The number of nitrogens with zero attached hydrogens (tertiary/aromatic N) is 3. The van der Waals surface area contributed by atoms with Gasteiger partial charge in [-0.1, -0.05) is 29.4 Å². The molecule has 0 spiro atoms. The van der Waals surface area contributed by atoms with E-state index in [0.717, 1.165) is 56.9 Å². The van der Waals surface area contributed by atoms with Gasteiger partial charge in [-0.15, -0.1) is 0 Å². The Kier molecular flexibility index (Phi) is 5.23. The maximum absolute atomic E-state index is 13.0. The fraction of sp³-hybridized carbons (Fsp3) is 0.435. The quantitative estimate of drug-likeness (QED) is 0.677. The third-order valence-corrected chi connectivity index (χ3v) is 5.86. The Bertz CT molecular complexity index is 1050. The van der Waals surface area contributed by atoms with Gasteiger partial charge in [0.15, 0.2) is 0 Å². The van der Waals surface area contributed by atoms with Crippen LogP contribution in [0.5, 0.6) is 0 Å². The van der Waals surface area contributed by atoms with Crippen LogP contribution in [0.15, 0.2) is 34.9 Å². The number of carbonyl (C=O) groups is 1. The van der Waals surface area contributed by atoms with Crippen molar-refractivity contribution >= 4 is 17.0 Å². The van der Waals surface area contributed by atoms with Crippen LogP contribution in [0.1, 0.15) is 51.6 Å². The molecule has 7 nitrogen and oxygen atoms in total. The summed E-state index contributed by atoms with van der Waals surface area (Å²) in [7, 11) is 0. The van der Waals surface area contributed by atoms with E-state index in [4.69, 9.17) is 9.26 Å². The summed E-state index contributed by atoms with van der Waals surface area (Å²) < 4.78 is 10.7. The Hall–Kier alpha value is -2.77. The van der Waals surface area contributed by atoms with Gasteiger partial charge in [0.1, 0.15) is 0 Å². The van der Waals surface area contributed by atoms with E-state index < -0.39 is 0 Å². The Morgan fingerprint density at radius 3 is 2.63 bits per heavy atom. The molecule has 5 rings (SSSR count). The highest BCUT2D eigenvalue weighted by atomic mass is 16.5. The molecule has 2 aromatic heterocycles. The van der Waals surface area contributed by atoms with Gasteiger partial charge in [-0.05, 0) is 37.0 Å². The van der Waals surface area contributed by atoms with Crippen molar-refractivity contribution in [1.82, 2.24) is 20.4 Å². The highest BCUT2D eigenvalue weighted by molar-refractivity contribution is 6.06. The molecule has 3 heterocycles. The van der Waals surface area contributed by atoms with Crippen molar-refractivity contribution in [1.29, 1.82) is 0 Å². The van der Waals surface area contributed by atoms with Crippen LogP contribution in [0.3, 0.4) is 0 Å². The Labute approximate surface area is 175 Å². The minimum atomic E-state index is -0.118. The lowest BCUT2D eigenvalue weighted by molar-refractivity contribution is 0.0342. The average Bonchev–Trinajstić information content (AvgIpc) is 3.56. The van der Waals surface area contributed by atoms with Crippen LogP contribution in [0.2, 0.25) is 0 Å². The summed E-state index contributed by atoms with van der Waals surface area (Å²) in [4.78, 5) is 19.9. The van der Waals surface area contributed by atoms with Gasteiger partial charge in [-0.25, -0.2) is 4.98 Å². The lowest BCUT2D eigenvalue weighted by Gasteiger charge is -2.26. The molecular weight excluding hydrogens is 380 g/mol. The van der Waals surface area contributed by atoms with Gasteiger partial charge in [-0.2, -0.15) is 0 Å². The second kappa shape index (κ2) is 8.16. The first-order chi connectivity index (χ1) is 14.7. The van der Waals surface area contributed by atoms with E-state index in [-0.39, 0.29) is 5.91 Å². The molecule has 1 saturated heterocycles. The number of hydrogen-bond donors (Lipinski definition) is 1. The predicted molar refractivity (Wildman–Crippen MR) is 112 cm³/mol. The number of fused-ring (bicyclic) bond motifs is 1. The molecule has 0 atom stereocenters. The fourth-order valence-corrected chi connectivity index (χ4v) is 3.94. The first-order valence-corrected chi connectivity index (χ1v) is 10.6. The molecule has 0 radical (unpaired) electrons. The molecule has 2 aliphatic rings. The minimum Gasteiger partial charge on any atom is -0.379 e. The highest BCUT2D eigenvalue weighted by Gasteiger charge is 2.28. The van der Waals surface area contributed by atoms with Crippen molar-refractivity contribution in [2.45, 2.75) is 38.8 Å². The van der Waals surface area contributed by atoms with E-state index in [1.807, 2.05) is 13.0 Å². The number of pyridine rings is 1. The molecule has 1 amide bonds. The van der Waals surface area contributed by atoms with Gasteiger partial charge in [0, 0.05) is 37.8 Å². The summed E-state index contributed by atoms with van der Waals surface area (Å²) in [5.41, 5.74) is 5.02. The lowest BCUT2D eigenvalue weighted by atomic mass is 10.1. The summed E-state index contributed by atoms with van der Waals surface area (Å²) >= 11 is 0. The van der Waals surface area contributed by atoms with Crippen molar-refractivity contribution < 1.29 is 14.1 Å². The van der Waals surface area contributed by atoms with E-state index in [2.05, 4.69) is 44.6 Å². The first-order valence-electron chi connectivity index (χ1n) is 10.6. The predicted octanol–water partition coefficient (Wildman–Crippen LogP) is 3.17. The molecule has 0 bridgehead atoms. The van der Waals surface area contributed by atoms with Crippen molar-refractivity contribution in [3.05, 3.63) is 58.4 Å². The van der Waals surface area contributed by atoms with Gasteiger partial charge >= 0.3 is 0 Å². The molecular formula is C23H26N4O3. The number of ether oxygens (including phenoxy) is 1. The summed E-state index contributed by atoms with van der Waals surface area (Å²) in [6, 6.07) is 10.3. The van der Waals surface area contributed by atoms with Crippen LogP contribution in [0.4, 0.5) is 0 Å². The Balaban J connectivity index is 1.26. The summed E-state index contributed by atoms with van der Waals surface area (Å²) in [6.45, 7) is 6.81. The van der Waals surface area contributed by atoms with Crippen LogP contribution in [0, 0.1) is 6.92 Å². The zero-order valence-electron chi connectivity index (χ0n) is 17.2. The van der Waals surface area contributed by atoms with Crippen LogP contribution in [0.25, 0.3) is 11.1 Å². The van der Waals surface area contributed by atoms with E-state index in [1.165, 1.54) is 5.56 Å². The molecule has 2 fully saturated rings. The molecule has 1 aliphatic carbocycles. The van der Waals surface area contributed by atoms with E-state index in [0.29, 0.717) is 34.8 Å². The Morgan fingerprint density at radius 1 is 1.17 bits per heavy atom. The number of aromatic nitrogens is 2. The number of nitrogens with one attached hydrogen (secondary N) is 1. The number of aryl methyl sites for hydroxylation is 1. The van der Waals surface area contributed by atoms with Gasteiger partial charge in [0.25, 0.3) is 11.6 Å². The topological polar surface area (TPSA) is 80.5 Å². The van der Waals surface area contributed by atoms with Crippen molar-refractivity contribution in [2.24, 2.45) is 0 Å². The summed E-state index contributed by atoms with van der Waals surface area (Å²) in [5.74, 6) is 0.318. The fourth-order valence-electron chi connectivity index (χ4n) is 3.94. The number of benzene rings is 1. The normalized spacial score (nSPS) is 17.4. The van der Waals surface area contributed by atoms with Crippen LogP contribution < -0.4 is 5.32 Å². The molecule has 3 aromatic rings. The first kappa shape index (κ1) is 19.2. The van der Waals surface area contributed by atoms with Crippen molar-refractivity contribution in [2.75, 3.05) is 26.3 Å². The van der Waals surface area contributed by atoms with Gasteiger partial charge < -0.3 is 14.6 Å². The van der Waals surface area contributed by atoms with Crippen molar-refractivity contribution in [3.63, 3.8) is 0 Å². The average molecular weight is 406 g/mol. The second-order valence-electron chi connectivity index (χ2n) is 8.20. The van der Waals surface area contributed by atoms with E-state index >= 15 is 0 Å². The third kappa shape index (κ3) is 4.08. The van der Waals surface area contributed by atoms with E-state index in [9.17, 15) is 4.79 Å². The van der Waals surface area contributed by atoms with Gasteiger partial charge in [0.2, 0.25) is 0 Å². The Morgan fingerprint density at radius 2 is 1.90 bits per heavy atom. The smallest absolute Gasteiger partial charge is 0.259 e. The largest absolute Gasteiger partial charge is 0.379 e. The highest BCUT2D eigenvalue weighted by Crippen LogP contribution is 2.40. The molecule has 7 heteroatoms. The zero-order valence-corrected chi connectivity index (χ0v) is 17.2. The molecule has 30 heavy (non-hydrogen) atoms. The van der Waals surface area contributed by atoms with Gasteiger partial charge in [0.05, 0.1) is 29.9 Å². The lowest BCUT2D eigenvalue weighted by Crippen LogP contribution is -2.35. The van der Waals surface area contributed by atoms with Crippen molar-refractivity contribution in [3.8, 4) is 0 Å². The molecule has 0 unspecified atom stereocenters. The van der Waals surface area contributed by atoms with Crippen LogP contribution in [-0.4, -0.2) is 47.3 Å². The standard InChI is InChI=1S/C23H26N4O3/c1-15-21-19(12-20(18-6-7-18)25-23(21)30-26-15)22(28)24-13-16-2-4-17(5-3-16)14-27-8-10-29-11-9-27/h2-5,12,18H,6-11,13-14H2,1H3,(H,24,28). The number of rotatable bonds is 6. The number of morpholine rings is 1. The van der Waals surface area contributed by atoms with E-state index in [1.54, 1.807) is 0 Å². The molecule has 1 aliphatic heterocycles. The molecule has 156 valence electrons. The SMILES string of the molecule is Cc1noc2nc(C3CC3)cc(C(=O)NCc3ccc(CN4CCOCC4)cc3)c12. The molecule has 1 aromatic carbocycles. The monoisotopic (exact) mass is 406 g/mol.